The zero-order valence-electron chi connectivity index (χ0n) is 3.02. The van der Waals surface area contributed by atoms with Crippen molar-refractivity contribution >= 4 is 0 Å². The Morgan fingerprint density at radius 3 is 2.83 bits per heavy atom. The Balaban J connectivity index is 2.38. The molecule has 0 aliphatic carbocycles. The predicted molar refractivity (Wildman–Crippen MR) is 18.3 cm³/mol. The first kappa shape index (κ1) is 3.61. The third-order valence-electron chi connectivity index (χ3n) is 0.496. The van der Waals surface area contributed by atoms with Crippen molar-refractivity contribution in [2.75, 3.05) is 0 Å². The van der Waals surface area contributed by atoms with Gasteiger partial charge in [-0.15, -0.1) is 5.48 Å². The Morgan fingerprint density at radius 1 is 1.83 bits per heavy atom. The maximum absolute atomic E-state index is 11.6. The molecule has 0 aromatic carbocycles. The molecule has 1 aliphatic heterocycles. The Morgan fingerprint density at radius 2 is 2.67 bits per heavy atom. The van der Waals surface area contributed by atoms with Gasteiger partial charge >= 0.3 is 0 Å². The minimum atomic E-state index is -1.11. The van der Waals surface area contributed by atoms with Crippen molar-refractivity contribution in [3.05, 3.63) is 12.3 Å². The van der Waals surface area contributed by atoms with Crippen molar-refractivity contribution in [3.8, 4) is 0 Å². The van der Waals surface area contributed by atoms with Crippen molar-refractivity contribution in [2.24, 2.45) is 0 Å². The number of rotatable bonds is 0. The molecule has 1 N–H and O–H groups in total. The molecule has 0 radical (unpaired) electrons. The molecule has 1 unspecified atom stereocenters. The van der Waals surface area contributed by atoms with Gasteiger partial charge < -0.3 is 4.84 Å². The summed E-state index contributed by atoms with van der Waals surface area (Å²) in [5.41, 5.74) is 2.04. The maximum atomic E-state index is 11.6. The highest BCUT2D eigenvalue weighted by molar-refractivity contribution is 4.83. The van der Waals surface area contributed by atoms with E-state index in [1.165, 1.54) is 12.3 Å². The van der Waals surface area contributed by atoms with E-state index in [4.69, 9.17) is 0 Å². The standard InChI is InChI=1S/C3H4FNO/c4-3-1-2-6-5-3/h1-3,5H. The van der Waals surface area contributed by atoms with Gasteiger partial charge in [-0.05, 0) is 0 Å². The molecule has 0 fully saturated rings. The van der Waals surface area contributed by atoms with E-state index in [0.717, 1.165) is 0 Å². The predicted octanol–water partition coefficient (Wildman–Crippen LogP) is 0.330. The van der Waals surface area contributed by atoms with Gasteiger partial charge in [-0.2, -0.15) is 0 Å². The second kappa shape index (κ2) is 1.26. The molecule has 0 saturated carbocycles. The van der Waals surface area contributed by atoms with Crippen LogP contribution in [-0.4, -0.2) is 6.30 Å². The highest BCUT2D eigenvalue weighted by Crippen LogP contribution is 1.94. The molecule has 1 aliphatic rings. The normalized spacial score (nSPS) is 30.5. The van der Waals surface area contributed by atoms with Gasteiger partial charge in [0.15, 0.2) is 0 Å². The third-order valence-corrected chi connectivity index (χ3v) is 0.496. The molecule has 34 valence electrons. The van der Waals surface area contributed by atoms with Crippen molar-refractivity contribution in [1.82, 2.24) is 5.48 Å². The van der Waals surface area contributed by atoms with E-state index < -0.39 is 6.30 Å². The third kappa shape index (κ3) is 0.490. The minimum Gasteiger partial charge on any atom is -0.414 e. The average Bonchev–Trinajstić information content (AvgIpc) is 1.86. The van der Waals surface area contributed by atoms with Crippen molar-refractivity contribution in [1.29, 1.82) is 0 Å². The Labute approximate surface area is 34.6 Å². The number of alkyl halides is 1. The van der Waals surface area contributed by atoms with E-state index in [2.05, 4.69) is 4.84 Å². The lowest BCUT2D eigenvalue weighted by atomic mass is 10.6. The number of hydrogen-bond donors (Lipinski definition) is 1. The SMILES string of the molecule is FC1C=CON1. The highest BCUT2D eigenvalue weighted by Gasteiger charge is 2.02. The molecule has 0 aromatic heterocycles. The number of nitrogens with one attached hydrogen (secondary N) is 1. The van der Waals surface area contributed by atoms with E-state index >= 15 is 0 Å². The first-order chi connectivity index (χ1) is 2.89. The maximum Gasteiger partial charge on any atom is 0.203 e. The minimum absolute atomic E-state index is 1.11. The van der Waals surface area contributed by atoms with Crippen LogP contribution in [0.25, 0.3) is 0 Å². The molecule has 1 atom stereocenters. The lowest BCUT2D eigenvalue weighted by Gasteiger charge is -1.90. The van der Waals surface area contributed by atoms with Crippen molar-refractivity contribution in [2.45, 2.75) is 6.30 Å². The summed E-state index contributed by atoms with van der Waals surface area (Å²) in [5, 5.41) is 0. The summed E-state index contributed by atoms with van der Waals surface area (Å²) in [6.45, 7) is 0. The fraction of sp³-hybridized carbons (Fsp3) is 0.333. The molecule has 0 amide bonds. The summed E-state index contributed by atoms with van der Waals surface area (Å²) in [4.78, 5) is 4.25. The van der Waals surface area contributed by atoms with Gasteiger partial charge in [-0.1, -0.05) is 0 Å². The van der Waals surface area contributed by atoms with Crippen LogP contribution in [0.15, 0.2) is 12.3 Å². The van der Waals surface area contributed by atoms with E-state index in [9.17, 15) is 4.39 Å². The summed E-state index contributed by atoms with van der Waals surface area (Å²) >= 11 is 0. The van der Waals surface area contributed by atoms with Crippen LogP contribution in [0.1, 0.15) is 0 Å². The Kier molecular flexibility index (Phi) is 0.759. The summed E-state index contributed by atoms with van der Waals surface area (Å²) in [6, 6.07) is 0. The summed E-state index contributed by atoms with van der Waals surface area (Å²) in [5.74, 6) is 0. The van der Waals surface area contributed by atoms with Gasteiger partial charge in [-0.3, -0.25) is 0 Å². The molecular formula is C3H4FNO. The summed E-state index contributed by atoms with van der Waals surface area (Å²) in [7, 11) is 0. The quantitative estimate of drug-likeness (QED) is 0.432. The van der Waals surface area contributed by atoms with Crippen LogP contribution in [0.4, 0.5) is 4.39 Å². The zero-order valence-corrected chi connectivity index (χ0v) is 3.02. The first-order valence-electron chi connectivity index (χ1n) is 1.61. The molecule has 2 nitrogen and oxygen atoms in total. The lowest BCUT2D eigenvalue weighted by Crippen LogP contribution is -2.13. The fourth-order valence-corrected chi connectivity index (χ4v) is 0.252. The molecule has 0 bridgehead atoms. The summed E-state index contributed by atoms with van der Waals surface area (Å²) in [6.07, 6.45) is 1.44. The molecule has 0 saturated heterocycles. The van der Waals surface area contributed by atoms with Crippen molar-refractivity contribution < 1.29 is 9.23 Å². The van der Waals surface area contributed by atoms with Crippen molar-refractivity contribution in [3.63, 3.8) is 0 Å². The molecular weight excluding hydrogens is 85.0 g/mol. The average molecular weight is 89.1 g/mol. The second-order valence-electron chi connectivity index (χ2n) is 0.966. The van der Waals surface area contributed by atoms with Crippen LogP contribution < -0.4 is 5.48 Å². The number of hydrogen-bond acceptors (Lipinski definition) is 2. The topological polar surface area (TPSA) is 21.3 Å². The molecule has 1 rings (SSSR count). The van der Waals surface area contributed by atoms with Gasteiger partial charge in [0, 0.05) is 6.08 Å². The molecule has 6 heavy (non-hydrogen) atoms. The second-order valence-corrected chi connectivity index (χ2v) is 0.966. The number of hydroxylamine groups is 1. The van der Waals surface area contributed by atoms with Gasteiger partial charge in [0.05, 0.1) is 0 Å². The lowest BCUT2D eigenvalue weighted by molar-refractivity contribution is 0.0957. The van der Waals surface area contributed by atoms with Gasteiger partial charge in [0.25, 0.3) is 0 Å². The Bertz CT molecular complexity index is 73.2. The molecule has 0 aromatic rings. The van der Waals surface area contributed by atoms with Crippen LogP contribution in [-0.2, 0) is 4.84 Å². The Hall–Kier alpha value is -0.570. The van der Waals surface area contributed by atoms with Crippen LogP contribution in [0.2, 0.25) is 0 Å². The van der Waals surface area contributed by atoms with E-state index in [1.807, 2.05) is 5.48 Å². The van der Waals surface area contributed by atoms with Gasteiger partial charge in [0.2, 0.25) is 6.30 Å². The first-order valence-corrected chi connectivity index (χ1v) is 1.61. The monoisotopic (exact) mass is 89.0 g/mol. The highest BCUT2D eigenvalue weighted by atomic mass is 19.1. The molecule has 3 heteroatoms. The van der Waals surface area contributed by atoms with E-state index in [0.29, 0.717) is 0 Å². The van der Waals surface area contributed by atoms with Crippen LogP contribution in [0.3, 0.4) is 0 Å². The van der Waals surface area contributed by atoms with Crippen LogP contribution in [0.5, 0.6) is 0 Å². The van der Waals surface area contributed by atoms with Crippen LogP contribution >= 0.6 is 0 Å². The van der Waals surface area contributed by atoms with E-state index in [-0.39, 0.29) is 0 Å². The molecule has 0 spiro atoms. The number of halogens is 1. The smallest absolute Gasteiger partial charge is 0.203 e. The van der Waals surface area contributed by atoms with E-state index in [1.54, 1.807) is 0 Å². The summed E-state index contributed by atoms with van der Waals surface area (Å²) < 4.78 is 11.6. The van der Waals surface area contributed by atoms with Gasteiger partial charge in [-0.25, -0.2) is 4.39 Å². The zero-order chi connectivity index (χ0) is 4.41. The fourth-order valence-electron chi connectivity index (χ4n) is 0.252. The van der Waals surface area contributed by atoms with Gasteiger partial charge in [0.1, 0.15) is 6.26 Å². The molecule has 1 heterocycles. The van der Waals surface area contributed by atoms with Crippen LogP contribution in [0, 0.1) is 0 Å². The largest absolute Gasteiger partial charge is 0.414 e.